The molecular formula is C20H26N4O4. The normalized spacial score (nSPS) is 13.9. The van der Waals surface area contributed by atoms with Crippen molar-refractivity contribution in [3.8, 4) is 11.5 Å². The lowest BCUT2D eigenvalue weighted by atomic mass is 10.0. The van der Waals surface area contributed by atoms with E-state index in [1.807, 2.05) is 0 Å². The van der Waals surface area contributed by atoms with Crippen molar-refractivity contribution >= 4 is 11.7 Å². The molecule has 0 radical (unpaired) electrons. The first-order valence-electron chi connectivity index (χ1n) is 9.44. The van der Waals surface area contributed by atoms with Crippen molar-refractivity contribution in [3.63, 3.8) is 0 Å². The summed E-state index contributed by atoms with van der Waals surface area (Å²) in [6.45, 7) is 0.641. The number of hydrogen-bond acceptors (Lipinski definition) is 5. The van der Waals surface area contributed by atoms with E-state index in [0.29, 0.717) is 36.2 Å². The zero-order valence-corrected chi connectivity index (χ0v) is 16.2. The first-order chi connectivity index (χ1) is 13.6. The molecule has 0 spiro atoms. The summed E-state index contributed by atoms with van der Waals surface area (Å²) >= 11 is 0. The molecular weight excluding hydrogens is 360 g/mol. The number of nitrogens with zero attached hydrogens (tertiary/aromatic N) is 2. The van der Waals surface area contributed by atoms with E-state index >= 15 is 0 Å². The summed E-state index contributed by atoms with van der Waals surface area (Å²) in [6, 6.07) is 6.36. The van der Waals surface area contributed by atoms with Crippen molar-refractivity contribution in [2.75, 3.05) is 26.1 Å². The number of nitrogens with one attached hydrogen (secondary N) is 2. The Morgan fingerprint density at radius 1 is 1.21 bits per heavy atom. The molecule has 2 N–H and O–H groups in total. The quantitative estimate of drug-likeness (QED) is 0.763. The van der Waals surface area contributed by atoms with Crippen molar-refractivity contribution in [1.82, 2.24) is 14.9 Å². The van der Waals surface area contributed by atoms with Crippen LogP contribution in [-0.4, -0.2) is 36.3 Å². The number of carbonyl (C=O) groups excluding carboxylic acids is 1. The molecule has 8 heteroatoms. The van der Waals surface area contributed by atoms with Gasteiger partial charge in [-0.3, -0.25) is 9.36 Å². The number of hydrogen-bond donors (Lipinski definition) is 2. The predicted molar refractivity (Wildman–Crippen MR) is 106 cm³/mol. The van der Waals surface area contributed by atoms with E-state index in [1.165, 1.54) is 24.5 Å². The molecule has 0 bridgehead atoms. The molecule has 1 saturated carbocycles. The number of amides is 2. The van der Waals surface area contributed by atoms with Gasteiger partial charge in [0.15, 0.2) is 0 Å². The molecule has 1 aromatic heterocycles. The third kappa shape index (κ3) is 4.82. The standard InChI is InChI=1S/C20H26N4O4/c1-27-15-7-8-18(28-2)17(11-15)23-20(26)21-9-10-24-13-22-16(12-19(24)25)14-5-3-4-6-14/h7-8,11-14H,3-6,9-10H2,1-2H3,(H2,21,23,26). The smallest absolute Gasteiger partial charge is 0.319 e. The summed E-state index contributed by atoms with van der Waals surface area (Å²) < 4.78 is 11.9. The Morgan fingerprint density at radius 3 is 2.68 bits per heavy atom. The van der Waals surface area contributed by atoms with Crippen LogP contribution in [0.3, 0.4) is 0 Å². The first-order valence-corrected chi connectivity index (χ1v) is 9.44. The molecule has 1 fully saturated rings. The van der Waals surface area contributed by atoms with Crippen LogP contribution in [0.2, 0.25) is 0 Å². The number of urea groups is 1. The number of carbonyl (C=O) groups is 1. The second kappa shape index (κ2) is 9.25. The number of rotatable bonds is 7. The van der Waals surface area contributed by atoms with Crippen molar-refractivity contribution in [2.45, 2.75) is 38.1 Å². The minimum absolute atomic E-state index is 0.0893. The molecule has 1 aliphatic rings. The molecule has 3 rings (SSSR count). The molecule has 8 nitrogen and oxygen atoms in total. The van der Waals surface area contributed by atoms with Crippen molar-refractivity contribution in [2.24, 2.45) is 0 Å². The van der Waals surface area contributed by atoms with Gasteiger partial charge in [-0.15, -0.1) is 0 Å². The predicted octanol–water partition coefficient (Wildman–Crippen LogP) is 2.74. The third-order valence-corrected chi connectivity index (χ3v) is 4.97. The van der Waals surface area contributed by atoms with Gasteiger partial charge in [0.2, 0.25) is 0 Å². The Balaban J connectivity index is 1.53. The highest BCUT2D eigenvalue weighted by Crippen LogP contribution is 2.32. The first kappa shape index (κ1) is 19.7. The average molecular weight is 386 g/mol. The Kier molecular flexibility index (Phi) is 6.52. The van der Waals surface area contributed by atoms with Gasteiger partial charge in [-0.2, -0.15) is 0 Å². The summed E-state index contributed by atoms with van der Waals surface area (Å²) in [6.07, 6.45) is 6.18. The van der Waals surface area contributed by atoms with Crippen LogP contribution in [0.4, 0.5) is 10.5 Å². The lowest BCUT2D eigenvalue weighted by Crippen LogP contribution is -2.34. The molecule has 0 unspecified atom stereocenters. The van der Waals surface area contributed by atoms with E-state index in [9.17, 15) is 9.59 Å². The van der Waals surface area contributed by atoms with E-state index in [-0.39, 0.29) is 5.56 Å². The van der Waals surface area contributed by atoms with Gasteiger partial charge in [-0.05, 0) is 25.0 Å². The second-order valence-corrected chi connectivity index (χ2v) is 6.77. The van der Waals surface area contributed by atoms with Crippen LogP contribution in [-0.2, 0) is 6.54 Å². The van der Waals surface area contributed by atoms with Crippen molar-refractivity contribution in [3.05, 3.63) is 46.6 Å². The fourth-order valence-electron chi connectivity index (χ4n) is 3.42. The van der Waals surface area contributed by atoms with E-state index in [4.69, 9.17) is 9.47 Å². The Labute approximate surface area is 163 Å². The molecule has 1 aromatic carbocycles. The van der Waals surface area contributed by atoms with Gasteiger partial charge in [-0.25, -0.2) is 9.78 Å². The van der Waals surface area contributed by atoms with Crippen LogP contribution < -0.4 is 25.7 Å². The van der Waals surface area contributed by atoms with E-state index in [0.717, 1.165) is 18.5 Å². The molecule has 2 amide bonds. The van der Waals surface area contributed by atoms with Gasteiger partial charge in [-0.1, -0.05) is 12.8 Å². The molecule has 2 aromatic rings. The largest absolute Gasteiger partial charge is 0.497 e. The zero-order chi connectivity index (χ0) is 19.9. The molecule has 0 aliphatic heterocycles. The van der Waals surface area contributed by atoms with Crippen LogP contribution in [0.5, 0.6) is 11.5 Å². The van der Waals surface area contributed by atoms with Gasteiger partial charge >= 0.3 is 6.03 Å². The maximum Gasteiger partial charge on any atom is 0.319 e. The molecule has 1 heterocycles. The summed E-state index contributed by atoms with van der Waals surface area (Å²) in [4.78, 5) is 28.9. The fourth-order valence-corrected chi connectivity index (χ4v) is 3.42. The molecule has 0 saturated heterocycles. The van der Waals surface area contributed by atoms with Crippen LogP contribution in [0.25, 0.3) is 0 Å². The monoisotopic (exact) mass is 386 g/mol. The fraction of sp³-hybridized carbons (Fsp3) is 0.450. The topological polar surface area (TPSA) is 94.5 Å². The molecule has 28 heavy (non-hydrogen) atoms. The lowest BCUT2D eigenvalue weighted by molar-refractivity contribution is 0.251. The van der Waals surface area contributed by atoms with Crippen LogP contribution in [0.1, 0.15) is 37.3 Å². The number of methoxy groups -OCH3 is 2. The SMILES string of the molecule is COc1ccc(OC)c(NC(=O)NCCn2cnc(C3CCCC3)cc2=O)c1. The van der Waals surface area contributed by atoms with E-state index in [2.05, 4.69) is 15.6 Å². The van der Waals surface area contributed by atoms with Gasteiger partial charge in [0, 0.05) is 31.1 Å². The molecule has 150 valence electrons. The highest BCUT2D eigenvalue weighted by molar-refractivity contribution is 5.91. The van der Waals surface area contributed by atoms with Crippen LogP contribution in [0.15, 0.2) is 35.4 Å². The van der Waals surface area contributed by atoms with Crippen LogP contribution >= 0.6 is 0 Å². The summed E-state index contributed by atoms with van der Waals surface area (Å²) in [5.41, 5.74) is 1.29. The van der Waals surface area contributed by atoms with Gasteiger partial charge in [0.1, 0.15) is 11.5 Å². The Bertz CT molecular complexity index is 875. The summed E-state index contributed by atoms with van der Waals surface area (Å²) in [7, 11) is 3.08. The van der Waals surface area contributed by atoms with Crippen molar-refractivity contribution < 1.29 is 14.3 Å². The van der Waals surface area contributed by atoms with Gasteiger partial charge < -0.3 is 20.1 Å². The van der Waals surface area contributed by atoms with E-state index in [1.54, 1.807) is 37.7 Å². The maximum absolute atomic E-state index is 12.3. The second-order valence-electron chi connectivity index (χ2n) is 6.77. The van der Waals surface area contributed by atoms with Crippen molar-refractivity contribution in [1.29, 1.82) is 0 Å². The molecule has 0 atom stereocenters. The lowest BCUT2D eigenvalue weighted by Gasteiger charge is -2.13. The zero-order valence-electron chi connectivity index (χ0n) is 16.2. The minimum Gasteiger partial charge on any atom is -0.497 e. The summed E-state index contributed by atoms with van der Waals surface area (Å²) in [5.74, 6) is 1.54. The number of benzene rings is 1. The number of anilines is 1. The highest BCUT2D eigenvalue weighted by atomic mass is 16.5. The third-order valence-electron chi connectivity index (χ3n) is 4.97. The maximum atomic E-state index is 12.3. The minimum atomic E-state index is -0.393. The number of aromatic nitrogens is 2. The average Bonchev–Trinajstić information content (AvgIpc) is 3.24. The molecule has 1 aliphatic carbocycles. The Hall–Kier alpha value is -3.03. The van der Waals surface area contributed by atoms with Gasteiger partial charge in [0.05, 0.1) is 31.9 Å². The van der Waals surface area contributed by atoms with Gasteiger partial charge in [0.25, 0.3) is 5.56 Å². The summed E-state index contributed by atoms with van der Waals surface area (Å²) in [5, 5.41) is 5.46. The van der Waals surface area contributed by atoms with E-state index < -0.39 is 6.03 Å². The number of ether oxygens (including phenoxy) is 2. The Morgan fingerprint density at radius 2 is 2.00 bits per heavy atom. The highest BCUT2D eigenvalue weighted by Gasteiger charge is 2.19. The van der Waals surface area contributed by atoms with Crippen LogP contribution in [0, 0.1) is 0 Å².